The third kappa shape index (κ3) is 5.46. The van der Waals surface area contributed by atoms with E-state index in [9.17, 15) is 22.8 Å². The number of urea groups is 1. The van der Waals surface area contributed by atoms with Gasteiger partial charge in [0.2, 0.25) is 0 Å². The van der Waals surface area contributed by atoms with Gasteiger partial charge in [0.25, 0.3) is 0 Å². The molecule has 0 saturated heterocycles. The summed E-state index contributed by atoms with van der Waals surface area (Å²) >= 11 is 0. The van der Waals surface area contributed by atoms with Gasteiger partial charge in [0.15, 0.2) is 0 Å². The molecule has 1 rings (SSSR count). The number of ether oxygens (including phenoxy) is 1. The first-order valence-electron chi connectivity index (χ1n) is 5.39. The van der Waals surface area contributed by atoms with Crippen LogP contribution in [0.15, 0.2) is 18.2 Å². The minimum absolute atomic E-state index is 0.165. The highest BCUT2D eigenvalue weighted by Crippen LogP contribution is 2.26. The van der Waals surface area contributed by atoms with Gasteiger partial charge in [0.1, 0.15) is 11.6 Å². The maximum Gasteiger partial charge on any atom is 0.387 e. The summed E-state index contributed by atoms with van der Waals surface area (Å²) in [5.74, 6) is -2.28. The Bertz CT molecular complexity index is 497. The molecular formula is C11H11F3N2O4. The van der Waals surface area contributed by atoms with Crippen LogP contribution >= 0.6 is 0 Å². The van der Waals surface area contributed by atoms with Gasteiger partial charge < -0.3 is 20.5 Å². The van der Waals surface area contributed by atoms with Crippen molar-refractivity contribution in [3.05, 3.63) is 24.0 Å². The molecule has 0 bridgehead atoms. The number of halogens is 3. The first kappa shape index (κ1) is 15.6. The second-order valence-corrected chi connectivity index (χ2v) is 3.54. The standard InChI is InChI=1S/C11H11F3N2O4/c12-6-1-2-8(20-10(13)14)7(5-6)16-11(19)15-4-3-9(17)18/h1-2,5,10H,3-4H2,(H,17,18)(H2,15,16,19). The SMILES string of the molecule is O=C(O)CCNC(=O)Nc1cc(F)ccc1OC(F)F. The Morgan fingerprint density at radius 1 is 1.35 bits per heavy atom. The van der Waals surface area contributed by atoms with E-state index in [0.717, 1.165) is 18.2 Å². The predicted octanol–water partition coefficient (Wildman–Crippen LogP) is 2.02. The van der Waals surface area contributed by atoms with Crippen molar-refractivity contribution in [1.29, 1.82) is 0 Å². The number of hydrogen-bond acceptors (Lipinski definition) is 3. The van der Waals surface area contributed by atoms with Crippen LogP contribution in [0.25, 0.3) is 0 Å². The Balaban J connectivity index is 2.67. The molecule has 1 aromatic carbocycles. The van der Waals surface area contributed by atoms with E-state index in [1.807, 2.05) is 0 Å². The Kier molecular flexibility index (Phi) is 5.63. The number of amides is 2. The molecule has 2 amide bonds. The smallest absolute Gasteiger partial charge is 0.387 e. The molecule has 3 N–H and O–H groups in total. The van der Waals surface area contributed by atoms with E-state index in [1.165, 1.54) is 0 Å². The van der Waals surface area contributed by atoms with E-state index in [4.69, 9.17) is 5.11 Å². The Labute approximate surface area is 111 Å². The average molecular weight is 292 g/mol. The van der Waals surface area contributed by atoms with Crippen molar-refractivity contribution in [3.8, 4) is 5.75 Å². The number of aliphatic carboxylic acids is 1. The summed E-state index contributed by atoms with van der Waals surface area (Å²) in [6.45, 7) is -3.29. The molecule has 0 aliphatic heterocycles. The zero-order valence-corrected chi connectivity index (χ0v) is 10.0. The number of anilines is 1. The van der Waals surface area contributed by atoms with Crippen LogP contribution in [0.1, 0.15) is 6.42 Å². The molecule has 1 aromatic rings. The molecule has 0 spiro atoms. The molecular weight excluding hydrogens is 281 g/mol. The van der Waals surface area contributed by atoms with E-state index in [0.29, 0.717) is 0 Å². The lowest BCUT2D eigenvalue weighted by Crippen LogP contribution is -2.30. The van der Waals surface area contributed by atoms with Crippen molar-refractivity contribution in [3.63, 3.8) is 0 Å². The van der Waals surface area contributed by atoms with Crippen LogP contribution in [0.4, 0.5) is 23.7 Å². The molecule has 0 fully saturated rings. The van der Waals surface area contributed by atoms with E-state index in [-0.39, 0.29) is 18.7 Å². The van der Waals surface area contributed by atoms with Gasteiger partial charge >= 0.3 is 18.6 Å². The maximum absolute atomic E-state index is 13.0. The monoisotopic (exact) mass is 292 g/mol. The molecule has 0 aliphatic rings. The molecule has 0 unspecified atom stereocenters. The fourth-order valence-electron chi connectivity index (χ4n) is 1.25. The van der Waals surface area contributed by atoms with Crippen molar-refractivity contribution in [1.82, 2.24) is 5.32 Å². The summed E-state index contributed by atoms with van der Waals surface area (Å²) in [6.07, 6.45) is -0.309. The first-order chi connectivity index (χ1) is 9.38. The predicted molar refractivity (Wildman–Crippen MR) is 62.3 cm³/mol. The van der Waals surface area contributed by atoms with Crippen LogP contribution in [0.5, 0.6) is 5.75 Å². The zero-order chi connectivity index (χ0) is 15.1. The highest BCUT2D eigenvalue weighted by atomic mass is 19.3. The lowest BCUT2D eigenvalue weighted by Gasteiger charge is -2.12. The number of alkyl halides is 2. The average Bonchev–Trinajstić information content (AvgIpc) is 2.31. The number of nitrogens with one attached hydrogen (secondary N) is 2. The second kappa shape index (κ2) is 7.22. The van der Waals surface area contributed by atoms with E-state index in [2.05, 4.69) is 15.4 Å². The van der Waals surface area contributed by atoms with Gasteiger partial charge in [-0.15, -0.1) is 0 Å². The molecule has 0 saturated carbocycles. The number of rotatable bonds is 6. The number of carbonyl (C=O) groups excluding carboxylic acids is 1. The van der Waals surface area contributed by atoms with Crippen molar-refractivity contribution < 1.29 is 32.6 Å². The Morgan fingerprint density at radius 2 is 2.05 bits per heavy atom. The molecule has 110 valence electrons. The fourth-order valence-corrected chi connectivity index (χ4v) is 1.25. The van der Waals surface area contributed by atoms with Crippen molar-refractivity contribution >= 4 is 17.7 Å². The Morgan fingerprint density at radius 3 is 2.65 bits per heavy atom. The van der Waals surface area contributed by atoms with Gasteiger partial charge in [0.05, 0.1) is 12.1 Å². The van der Waals surface area contributed by atoms with E-state index >= 15 is 0 Å². The molecule has 0 aromatic heterocycles. The minimum Gasteiger partial charge on any atom is -0.481 e. The van der Waals surface area contributed by atoms with Crippen LogP contribution in [-0.2, 0) is 4.79 Å². The van der Waals surface area contributed by atoms with E-state index in [1.54, 1.807) is 0 Å². The van der Waals surface area contributed by atoms with E-state index < -0.39 is 30.2 Å². The third-order valence-corrected chi connectivity index (χ3v) is 2.03. The second-order valence-electron chi connectivity index (χ2n) is 3.54. The fraction of sp³-hybridized carbons (Fsp3) is 0.273. The van der Waals surface area contributed by atoms with Gasteiger partial charge in [-0.1, -0.05) is 0 Å². The number of hydrogen-bond donors (Lipinski definition) is 3. The largest absolute Gasteiger partial charge is 0.481 e. The van der Waals surface area contributed by atoms with Gasteiger partial charge in [-0.3, -0.25) is 4.79 Å². The number of carboxylic acids is 1. The molecule has 0 atom stereocenters. The summed E-state index contributed by atoms with van der Waals surface area (Å²) in [4.78, 5) is 21.6. The van der Waals surface area contributed by atoms with Crippen LogP contribution in [-0.4, -0.2) is 30.3 Å². The molecule has 9 heteroatoms. The molecule has 0 heterocycles. The van der Waals surface area contributed by atoms with Crippen LogP contribution in [0.3, 0.4) is 0 Å². The van der Waals surface area contributed by atoms with Crippen LogP contribution in [0, 0.1) is 5.82 Å². The summed E-state index contributed by atoms with van der Waals surface area (Å²) in [6, 6.07) is 1.77. The van der Waals surface area contributed by atoms with Gasteiger partial charge in [0, 0.05) is 12.6 Å². The van der Waals surface area contributed by atoms with Crippen LogP contribution < -0.4 is 15.4 Å². The summed E-state index contributed by atoms with van der Waals surface area (Å²) < 4.78 is 41.3. The normalized spacial score (nSPS) is 10.2. The zero-order valence-electron chi connectivity index (χ0n) is 10.0. The quantitative estimate of drug-likeness (QED) is 0.748. The van der Waals surface area contributed by atoms with Gasteiger partial charge in [-0.2, -0.15) is 8.78 Å². The molecule has 20 heavy (non-hydrogen) atoms. The minimum atomic E-state index is -3.13. The topological polar surface area (TPSA) is 87.7 Å². The number of carbonyl (C=O) groups is 2. The first-order valence-corrected chi connectivity index (χ1v) is 5.39. The lowest BCUT2D eigenvalue weighted by molar-refractivity contribution is -0.136. The highest BCUT2D eigenvalue weighted by Gasteiger charge is 2.13. The molecule has 0 aliphatic carbocycles. The van der Waals surface area contributed by atoms with Gasteiger partial charge in [-0.25, -0.2) is 9.18 Å². The summed E-state index contributed by atoms with van der Waals surface area (Å²) in [7, 11) is 0. The number of carboxylic acid groups (broad SMARTS) is 1. The highest BCUT2D eigenvalue weighted by molar-refractivity contribution is 5.91. The molecule has 0 radical (unpaired) electrons. The third-order valence-electron chi connectivity index (χ3n) is 2.03. The lowest BCUT2D eigenvalue weighted by atomic mass is 10.3. The Hall–Kier alpha value is -2.45. The number of benzene rings is 1. The van der Waals surface area contributed by atoms with Crippen molar-refractivity contribution in [2.24, 2.45) is 0 Å². The maximum atomic E-state index is 13.0. The molecule has 6 nitrogen and oxygen atoms in total. The van der Waals surface area contributed by atoms with Crippen molar-refractivity contribution in [2.45, 2.75) is 13.0 Å². The summed E-state index contributed by atoms with van der Waals surface area (Å²) in [5, 5.41) is 12.6. The van der Waals surface area contributed by atoms with Crippen LogP contribution in [0.2, 0.25) is 0 Å². The van der Waals surface area contributed by atoms with Crippen molar-refractivity contribution in [2.75, 3.05) is 11.9 Å². The summed E-state index contributed by atoms with van der Waals surface area (Å²) in [5.41, 5.74) is -0.293. The van der Waals surface area contributed by atoms with Gasteiger partial charge in [-0.05, 0) is 12.1 Å².